The van der Waals surface area contributed by atoms with Crippen LogP contribution in [0.4, 0.5) is 11.4 Å². The maximum absolute atomic E-state index is 10.8. The molecule has 1 N–H and O–H groups in total. The fraction of sp³-hybridized carbons (Fsp3) is 0.571. The fourth-order valence-electron chi connectivity index (χ4n) is 3.49. The quantitative estimate of drug-likeness (QED) is 0.687. The zero-order valence-electron chi connectivity index (χ0n) is 11.4. The molecule has 2 aliphatic heterocycles. The first-order valence-electron chi connectivity index (χ1n) is 6.97. The molecule has 0 amide bonds. The van der Waals surface area contributed by atoms with Gasteiger partial charge < -0.3 is 10.2 Å². The molecule has 2 bridgehead atoms. The van der Waals surface area contributed by atoms with Crippen molar-refractivity contribution in [1.29, 1.82) is 0 Å². The zero-order valence-corrected chi connectivity index (χ0v) is 12.1. The summed E-state index contributed by atoms with van der Waals surface area (Å²) in [6.07, 6.45) is 4.65. The molecule has 0 radical (unpaired) electrons. The van der Waals surface area contributed by atoms with E-state index < -0.39 is 0 Å². The highest BCUT2D eigenvalue weighted by molar-refractivity contribution is 6.33. The molecule has 0 aliphatic carbocycles. The third kappa shape index (κ3) is 2.47. The smallest absolute Gasteiger partial charge is 0.271 e. The summed E-state index contributed by atoms with van der Waals surface area (Å²) in [7, 11) is 2.19. The number of benzene rings is 1. The maximum Gasteiger partial charge on any atom is 0.271 e. The molecule has 2 fully saturated rings. The number of fused-ring (bicyclic) bond motifs is 2. The number of anilines is 1. The summed E-state index contributed by atoms with van der Waals surface area (Å²) in [5.41, 5.74) is 0.752. The van der Waals surface area contributed by atoms with Gasteiger partial charge in [0.05, 0.1) is 15.6 Å². The number of non-ortho nitro benzene ring substituents is 1. The molecule has 2 heterocycles. The van der Waals surface area contributed by atoms with Crippen molar-refractivity contribution in [3.8, 4) is 0 Å². The molecule has 2 unspecified atom stereocenters. The summed E-state index contributed by atoms with van der Waals surface area (Å²) >= 11 is 6.14. The Morgan fingerprint density at radius 3 is 2.60 bits per heavy atom. The average Bonchev–Trinajstić information content (AvgIpc) is 2.64. The van der Waals surface area contributed by atoms with Gasteiger partial charge in [-0.15, -0.1) is 0 Å². The standard InChI is InChI=1S/C14H18ClN3O2/c1-17-10-2-3-11(17)7-9(6-10)16-14-8-12(18(19)20)4-5-13(14)15/h4-5,8-11,16H,2-3,6-7H2,1H3. The van der Waals surface area contributed by atoms with Crippen molar-refractivity contribution in [2.24, 2.45) is 0 Å². The number of nitrogens with zero attached hydrogens (tertiary/aromatic N) is 2. The topological polar surface area (TPSA) is 58.4 Å². The molecule has 0 spiro atoms. The first-order chi connectivity index (χ1) is 9.54. The number of nitrogens with one attached hydrogen (secondary N) is 1. The van der Waals surface area contributed by atoms with Crippen molar-refractivity contribution in [1.82, 2.24) is 4.90 Å². The Bertz CT molecular complexity index is 523. The Hall–Kier alpha value is -1.33. The number of nitro benzene ring substituents is 1. The first kappa shape index (κ1) is 13.6. The predicted molar refractivity (Wildman–Crippen MR) is 79.3 cm³/mol. The van der Waals surface area contributed by atoms with Gasteiger partial charge in [-0.3, -0.25) is 10.1 Å². The molecule has 20 heavy (non-hydrogen) atoms. The van der Waals surface area contributed by atoms with Gasteiger partial charge in [0.15, 0.2) is 0 Å². The number of hydrogen-bond acceptors (Lipinski definition) is 4. The maximum atomic E-state index is 10.8. The van der Waals surface area contributed by atoms with Crippen LogP contribution in [0.15, 0.2) is 18.2 Å². The molecule has 5 nitrogen and oxygen atoms in total. The number of halogens is 1. The van der Waals surface area contributed by atoms with E-state index in [2.05, 4.69) is 17.3 Å². The van der Waals surface area contributed by atoms with E-state index in [0.717, 1.165) is 12.8 Å². The Morgan fingerprint density at radius 1 is 1.35 bits per heavy atom. The van der Waals surface area contributed by atoms with Crippen molar-refractivity contribution in [2.45, 2.75) is 43.8 Å². The van der Waals surface area contributed by atoms with Crippen LogP contribution in [-0.2, 0) is 0 Å². The van der Waals surface area contributed by atoms with Gasteiger partial charge in [-0.05, 0) is 38.8 Å². The lowest BCUT2D eigenvalue weighted by Gasteiger charge is -2.37. The SMILES string of the molecule is CN1C2CCC1CC(Nc1cc([N+](=O)[O-])ccc1Cl)C2. The van der Waals surface area contributed by atoms with Crippen molar-refractivity contribution in [3.05, 3.63) is 33.3 Å². The monoisotopic (exact) mass is 295 g/mol. The van der Waals surface area contributed by atoms with Gasteiger partial charge in [0, 0.05) is 30.3 Å². The molecule has 2 saturated heterocycles. The van der Waals surface area contributed by atoms with E-state index in [-0.39, 0.29) is 10.6 Å². The second kappa shape index (κ2) is 5.22. The molecule has 6 heteroatoms. The van der Waals surface area contributed by atoms with E-state index in [0.29, 0.717) is 28.8 Å². The van der Waals surface area contributed by atoms with E-state index in [1.54, 1.807) is 6.07 Å². The highest BCUT2D eigenvalue weighted by atomic mass is 35.5. The van der Waals surface area contributed by atoms with Gasteiger partial charge in [-0.1, -0.05) is 11.6 Å². The highest BCUT2D eigenvalue weighted by Gasteiger charge is 2.38. The van der Waals surface area contributed by atoms with Crippen molar-refractivity contribution in [3.63, 3.8) is 0 Å². The molecule has 3 rings (SSSR count). The molecule has 0 saturated carbocycles. The number of rotatable bonds is 3. The van der Waals surface area contributed by atoms with E-state index >= 15 is 0 Å². The van der Waals surface area contributed by atoms with Crippen LogP contribution in [0.1, 0.15) is 25.7 Å². The van der Waals surface area contributed by atoms with Crippen LogP contribution >= 0.6 is 11.6 Å². The zero-order chi connectivity index (χ0) is 14.3. The Labute approximate surface area is 123 Å². The summed E-state index contributed by atoms with van der Waals surface area (Å²) in [6.45, 7) is 0. The van der Waals surface area contributed by atoms with Crippen molar-refractivity contribution < 1.29 is 4.92 Å². The normalized spacial score (nSPS) is 29.4. The summed E-state index contributed by atoms with van der Waals surface area (Å²) < 4.78 is 0. The summed E-state index contributed by atoms with van der Waals surface area (Å²) in [6, 6.07) is 6.16. The fourth-order valence-corrected chi connectivity index (χ4v) is 3.66. The van der Waals surface area contributed by atoms with E-state index in [4.69, 9.17) is 11.6 Å². The minimum Gasteiger partial charge on any atom is -0.381 e. The summed E-state index contributed by atoms with van der Waals surface area (Å²) in [4.78, 5) is 12.9. The lowest BCUT2D eigenvalue weighted by Crippen LogP contribution is -2.44. The Kier molecular flexibility index (Phi) is 3.56. The number of piperidine rings is 1. The third-order valence-corrected chi connectivity index (χ3v) is 4.95. The van der Waals surface area contributed by atoms with Gasteiger partial charge in [0.25, 0.3) is 5.69 Å². The van der Waals surface area contributed by atoms with Crippen molar-refractivity contribution >= 4 is 23.0 Å². The van der Waals surface area contributed by atoms with Gasteiger partial charge in [-0.2, -0.15) is 0 Å². The lowest BCUT2D eigenvalue weighted by molar-refractivity contribution is -0.384. The predicted octanol–water partition coefficient (Wildman–Crippen LogP) is 3.29. The Balaban J connectivity index is 1.75. The molecule has 2 aliphatic rings. The molecule has 2 atom stereocenters. The van der Waals surface area contributed by atoms with Crippen LogP contribution in [0.5, 0.6) is 0 Å². The van der Waals surface area contributed by atoms with Gasteiger partial charge in [0.1, 0.15) is 0 Å². The van der Waals surface area contributed by atoms with Crippen LogP contribution in [0, 0.1) is 10.1 Å². The minimum absolute atomic E-state index is 0.0767. The molecule has 108 valence electrons. The van der Waals surface area contributed by atoms with Gasteiger partial charge in [-0.25, -0.2) is 0 Å². The largest absolute Gasteiger partial charge is 0.381 e. The minimum atomic E-state index is -0.389. The van der Waals surface area contributed by atoms with E-state index in [1.165, 1.54) is 25.0 Å². The first-order valence-corrected chi connectivity index (χ1v) is 7.35. The van der Waals surface area contributed by atoms with Crippen LogP contribution in [-0.4, -0.2) is 35.0 Å². The number of hydrogen-bond donors (Lipinski definition) is 1. The molecule has 1 aromatic carbocycles. The lowest BCUT2D eigenvalue weighted by atomic mass is 9.97. The third-order valence-electron chi connectivity index (χ3n) is 4.62. The molecular formula is C14H18ClN3O2. The Morgan fingerprint density at radius 2 is 2.00 bits per heavy atom. The molecule has 1 aromatic rings. The average molecular weight is 296 g/mol. The van der Waals surface area contributed by atoms with Crippen molar-refractivity contribution in [2.75, 3.05) is 12.4 Å². The van der Waals surface area contributed by atoms with Gasteiger partial charge >= 0.3 is 0 Å². The van der Waals surface area contributed by atoms with Crippen LogP contribution < -0.4 is 5.32 Å². The summed E-state index contributed by atoms with van der Waals surface area (Å²) in [5, 5.41) is 14.8. The van der Waals surface area contributed by atoms with Crippen LogP contribution in [0.25, 0.3) is 0 Å². The second-order valence-electron chi connectivity index (χ2n) is 5.78. The molecular weight excluding hydrogens is 278 g/mol. The van der Waals surface area contributed by atoms with E-state index in [9.17, 15) is 10.1 Å². The molecule has 0 aromatic heterocycles. The van der Waals surface area contributed by atoms with Crippen LogP contribution in [0.3, 0.4) is 0 Å². The highest BCUT2D eigenvalue weighted by Crippen LogP contribution is 2.36. The van der Waals surface area contributed by atoms with Gasteiger partial charge in [0.2, 0.25) is 0 Å². The van der Waals surface area contributed by atoms with Crippen LogP contribution in [0.2, 0.25) is 5.02 Å². The van der Waals surface area contributed by atoms with E-state index in [1.807, 2.05) is 0 Å². The summed E-state index contributed by atoms with van der Waals surface area (Å²) in [5.74, 6) is 0. The number of nitro groups is 1. The second-order valence-corrected chi connectivity index (χ2v) is 6.19.